The lowest BCUT2D eigenvalue weighted by atomic mass is 9.83. The second kappa shape index (κ2) is 5.96. The number of rotatable bonds is 5. The van der Waals surface area contributed by atoms with Crippen LogP contribution >= 0.6 is 11.3 Å². The molecule has 22 heavy (non-hydrogen) atoms. The van der Waals surface area contributed by atoms with E-state index in [0.717, 1.165) is 24.3 Å². The van der Waals surface area contributed by atoms with E-state index in [-0.39, 0.29) is 0 Å². The lowest BCUT2D eigenvalue weighted by molar-refractivity contribution is 0.412. The van der Waals surface area contributed by atoms with Gasteiger partial charge < -0.3 is 0 Å². The van der Waals surface area contributed by atoms with Crippen LogP contribution in [0.1, 0.15) is 41.4 Å². The molecule has 4 rings (SSSR count). The molecule has 1 aromatic carbocycles. The van der Waals surface area contributed by atoms with Gasteiger partial charge in [-0.1, -0.05) is 24.6 Å². The van der Waals surface area contributed by atoms with Crippen molar-refractivity contribution in [3.8, 4) is 11.4 Å². The van der Waals surface area contributed by atoms with Crippen molar-refractivity contribution in [1.29, 1.82) is 0 Å². The Kier molecular flexibility index (Phi) is 3.68. The molecule has 0 radical (unpaired) electrons. The Labute approximate surface area is 132 Å². The van der Waals surface area contributed by atoms with Gasteiger partial charge >= 0.3 is 0 Å². The zero-order valence-electron chi connectivity index (χ0n) is 12.2. The number of nitrogens with one attached hydrogen (secondary N) is 1. The molecule has 1 saturated carbocycles. The maximum absolute atomic E-state index is 4.80. The maximum atomic E-state index is 4.80. The highest BCUT2D eigenvalue weighted by Crippen LogP contribution is 2.36. The molecule has 0 aliphatic heterocycles. The molecule has 0 bridgehead atoms. The summed E-state index contributed by atoms with van der Waals surface area (Å²) >= 11 is 1.80. The number of hydrogen-bond acceptors (Lipinski definition) is 5. The fraction of sp³-hybridized carbons (Fsp3) is 0.375. The molecular weight excluding hydrogens is 294 g/mol. The first-order chi connectivity index (χ1) is 10.9. The smallest absolute Gasteiger partial charge is 0.204 e. The third kappa shape index (κ3) is 2.78. The molecule has 0 amide bonds. The maximum Gasteiger partial charge on any atom is 0.204 e. The molecule has 1 aliphatic carbocycles. The van der Waals surface area contributed by atoms with Gasteiger partial charge in [-0.2, -0.15) is 5.21 Å². The molecule has 2 heterocycles. The van der Waals surface area contributed by atoms with Crippen LogP contribution in [0.4, 0.5) is 0 Å². The van der Waals surface area contributed by atoms with E-state index >= 15 is 0 Å². The quantitative estimate of drug-likeness (QED) is 0.784. The summed E-state index contributed by atoms with van der Waals surface area (Å²) in [6.07, 6.45) is 5.97. The predicted molar refractivity (Wildman–Crippen MR) is 85.7 cm³/mol. The summed E-state index contributed by atoms with van der Waals surface area (Å²) in [6.45, 7) is 0. The number of aryl methyl sites for hydroxylation is 2. The first kappa shape index (κ1) is 13.6. The van der Waals surface area contributed by atoms with E-state index in [9.17, 15) is 0 Å². The molecule has 3 aromatic rings. The van der Waals surface area contributed by atoms with Crippen molar-refractivity contribution < 1.29 is 0 Å². The molecule has 112 valence electrons. The van der Waals surface area contributed by atoms with Crippen molar-refractivity contribution in [2.75, 3.05) is 0 Å². The van der Waals surface area contributed by atoms with E-state index in [0.29, 0.717) is 5.82 Å². The summed E-state index contributed by atoms with van der Waals surface area (Å²) in [5.74, 6) is 1.37. The number of aromatic amines is 1. The number of aromatic nitrogens is 5. The Hall–Kier alpha value is -2.08. The van der Waals surface area contributed by atoms with Gasteiger partial charge in [-0.25, -0.2) is 4.98 Å². The van der Waals surface area contributed by atoms with E-state index < -0.39 is 0 Å². The second-order valence-corrected chi connectivity index (χ2v) is 6.67. The van der Waals surface area contributed by atoms with Crippen LogP contribution in [0.3, 0.4) is 0 Å². The third-order valence-corrected chi connectivity index (χ3v) is 5.18. The zero-order chi connectivity index (χ0) is 14.8. The van der Waals surface area contributed by atoms with E-state index in [1.54, 1.807) is 11.3 Å². The number of hydrogen-bond donors (Lipinski definition) is 1. The van der Waals surface area contributed by atoms with Gasteiger partial charge in [0, 0.05) is 23.3 Å². The van der Waals surface area contributed by atoms with Gasteiger partial charge in [0.15, 0.2) is 0 Å². The van der Waals surface area contributed by atoms with Crippen molar-refractivity contribution in [3.05, 3.63) is 45.9 Å². The molecule has 0 saturated heterocycles. The first-order valence-corrected chi connectivity index (χ1v) is 8.53. The first-order valence-electron chi connectivity index (χ1n) is 7.65. The number of H-pyrrole nitrogens is 1. The van der Waals surface area contributed by atoms with Crippen molar-refractivity contribution >= 4 is 11.3 Å². The largest absolute Gasteiger partial charge is 0.246 e. The highest BCUT2D eigenvalue weighted by molar-refractivity contribution is 7.09. The second-order valence-electron chi connectivity index (χ2n) is 5.73. The van der Waals surface area contributed by atoms with Gasteiger partial charge in [0.05, 0.1) is 10.7 Å². The third-order valence-electron chi connectivity index (χ3n) is 4.25. The summed E-state index contributed by atoms with van der Waals surface area (Å²) in [5.41, 5.74) is 3.59. The van der Waals surface area contributed by atoms with Gasteiger partial charge in [0.1, 0.15) is 0 Å². The Bertz CT molecular complexity index is 746. The Morgan fingerprint density at radius 2 is 2.18 bits per heavy atom. The molecule has 5 nitrogen and oxygen atoms in total. The number of nitrogens with zero attached hydrogens (tertiary/aromatic N) is 4. The van der Waals surface area contributed by atoms with Crippen LogP contribution in [0.2, 0.25) is 0 Å². The average molecular weight is 311 g/mol. The summed E-state index contributed by atoms with van der Waals surface area (Å²) in [5, 5.41) is 17.6. The van der Waals surface area contributed by atoms with Crippen LogP contribution in [0.25, 0.3) is 11.4 Å². The van der Waals surface area contributed by atoms with Gasteiger partial charge in [-0.15, -0.1) is 21.5 Å². The topological polar surface area (TPSA) is 67.3 Å². The predicted octanol–water partition coefficient (Wildman–Crippen LogP) is 3.38. The summed E-state index contributed by atoms with van der Waals surface area (Å²) in [4.78, 5) is 4.80. The van der Waals surface area contributed by atoms with E-state index in [1.807, 2.05) is 12.1 Å². The van der Waals surface area contributed by atoms with E-state index in [1.165, 1.54) is 35.5 Å². The lowest BCUT2D eigenvalue weighted by Crippen LogP contribution is -2.09. The van der Waals surface area contributed by atoms with Crippen molar-refractivity contribution in [1.82, 2.24) is 25.6 Å². The molecule has 0 spiro atoms. The van der Waals surface area contributed by atoms with Crippen LogP contribution in [0.5, 0.6) is 0 Å². The standard InChI is InChI=1S/C16H17N5S/c1-3-11(9-13(6-1)16-18-20-21-19-16)7-8-15-17-14(10-22-15)12-4-2-5-12/h1,3,6,9-10,12H,2,4-5,7-8H2,(H,18,19,20,21). The van der Waals surface area contributed by atoms with Crippen molar-refractivity contribution in [2.45, 2.75) is 38.0 Å². The minimum atomic E-state index is 0.642. The highest BCUT2D eigenvalue weighted by Gasteiger charge is 2.21. The molecule has 0 unspecified atom stereocenters. The van der Waals surface area contributed by atoms with Crippen LogP contribution in [0.15, 0.2) is 29.6 Å². The van der Waals surface area contributed by atoms with Gasteiger partial charge in [0.25, 0.3) is 0 Å². The van der Waals surface area contributed by atoms with E-state index in [2.05, 4.69) is 38.1 Å². The zero-order valence-corrected chi connectivity index (χ0v) is 13.0. The SMILES string of the molecule is c1cc(CCc2nc(C3CCC3)cs2)cc(-c2nn[nH]n2)c1. The minimum absolute atomic E-state index is 0.642. The average Bonchev–Trinajstić information content (AvgIpc) is 3.15. The molecular formula is C16H17N5S. The fourth-order valence-electron chi connectivity index (χ4n) is 2.73. The van der Waals surface area contributed by atoms with Crippen LogP contribution in [0, 0.1) is 0 Å². The molecule has 1 fully saturated rings. The summed E-state index contributed by atoms with van der Waals surface area (Å²) in [7, 11) is 0. The summed E-state index contributed by atoms with van der Waals surface area (Å²) < 4.78 is 0. The van der Waals surface area contributed by atoms with Crippen LogP contribution in [-0.2, 0) is 12.8 Å². The van der Waals surface area contributed by atoms with E-state index in [4.69, 9.17) is 4.98 Å². The van der Waals surface area contributed by atoms with Gasteiger partial charge in [-0.3, -0.25) is 0 Å². The molecule has 0 atom stereocenters. The number of benzene rings is 1. The molecule has 1 aliphatic rings. The van der Waals surface area contributed by atoms with Gasteiger partial charge in [-0.05, 0) is 36.1 Å². The van der Waals surface area contributed by atoms with Crippen molar-refractivity contribution in [2.24, 2.45) is 0 Å². The lowest BCUT2D eigenvalue weighted by Gasteiger charge is -2.22. The fourth-order valence-corrected chi connectivity index (χ4v) is 3.61. The van der Waals surface area contributed by atoms with Crippen LogP contribution in [-0.4, -0.2) is 25.6 Å². The minimum Gasteiger partial charge on any atom is -0.246 e. The highest BCUT2D eigenvalue weighted by atomic mass is 32.1. The molecule has 2 aromatic heterocycles. The monoisotopic (exact) mass is 311 g/mol. The van der Waals surface area contributed by atoms with Crippen LogP contribution < -0.4 is 0 Å². The van der Waals surface area contributed by atoms with Crippen molar-refractivity contribution in [3.63, 3.8) is 0 Å². The Morgan fingerprint density at radius 3 is 2.95 bits per heavy atom. The number of thiazole rings is 1. The number of tetrazole rings is 1. The molecule has 1 N–H and O–H groups in total. The molecule has 6 heteroatoms. The summed E-state index contributed by atoms with van der Waals surface area (Å²) in [6, 6.07) is 8.32. The van der Waals surface area contributed by atoms with Gasteiger partial charge in [0.2, 0.25) is 5.82 Å². The normalized spacial score (nSPS) is 14.9. The Morgan fingerprint density at radius 1 is 1.23 bits per heavy atom. The Balaban J connectivity index is 1.43.